The zero-order valence-corrected chi connectivity index (χ0v) is 19.2. The molecule has 1 aliphatic heterocycles. The van der Waals surface area contributed by atoms with E-state index in [0.717, 1.165) is 33.5 Å². The lowest BCUT2D eigenvalue weighted by atomic mass is 10.2. The van der Waals surface area contributed by atoms with Crippen molar-refractivity contribution in [3.63, 3.8) is 0 Å². The molecule has 1 aliphatic rings. The number of morpholine rings is 1. The van der Waals surface area contributed by atoms with Crippen molar-refractivity contribution in [2.24, 2.45) is 14.1 Å². The second-order valence-electron chi connectivity index (χ2n) is 8.07. The van der Waals surface area contributed by atoms with E-state index in [1.165, 1.54) is 11.6 Å². The van der Waals surface area contributed by atoms with Gasteiger partial charge in [0.1, 0.15) is 5.82 Å². The van der Waals surface area contributed by atoms with Crippen LogP contribution in [0, 0.1) is 0 Å². The van der Waals surface area contributed by atoms with E-state index in [2.05, 4.69) is 34.7 Å². The van der Waals surface area contributed by atoms with Gasteiger partial charge in [0.15, 0.2) is 11.2 Å². The molecule has 4 rings (SSSR count). The fraction of sp³-hybridized carbons (Fsp3) is 0.476. The van der Waals surface area contributed by atoms with Gasteiger partial charge in [0.2, 0.25) is 0 Å². The Morgan fingerprint density at radius 2 is 1.67 bits per heavy atom. The van der Waals surface area contributed by atoms with Gasteiger partial charge in [-0.3, -0.25) is 18.8 Å². The molecular formula is C21H26BrN5O3. The van der Waals surface area contributed by atoms with Crippen LogP contribution in [0.3, 0.4) is 0 Å². The third-order valence-electron chi connectivity index (χ3n) is 5.54. The number of hydrogen-bond donors (Lipinski definition) is 0. The maximum Gasteiger partial charge on any atom is 0.332 e. The van der Waals surface area contributed by atoms with E-state index in [-0.39, 0.29) is 23.5 Å². The van der Waals surface area contributed by atoms with Crippen LogP contribution >= 0.6 is 15.9 Å². The molecule has 0 saturated carbocycles. The highest BCUT2D eigenvalue weighted by molar-refractivity contribution is 9.10. The summed E-state index contributed by atoms with van der Waals surface area (Å²) in [6.07, 6.45) is 0.269. The Labute approximate surface area is 182 Å². The van der Waals surface area contributed by atoms with Crippen LogP contribution in [0.2, 0.25) is 0 Å². The van der Waals surface area contributed by atoms with E-state index in [4.69, 9.17) is 9.72 Å². The number of imidazole rings is 1. The maximum atomic E-state index is 13.0. The third-order valence-corrected chi connectivity index (χ3v) is 6.07. The summed E-state index contributed by atoms with van der Waals surface area (Å²) in [5.41, 5.74) is 1.23. The van der Waals surface area contributed by atoms with Crippen LogP contribution in [0.1, 0.15) is 25.2 Å². The number of benzene rings is 1. The Balaban J connectivity index is 1.84. The number of aromatic nitrogens is 4. The molecule has 2 aromatic heterocycles. The van der Waals surface area contributed by atoms with E-state index < -0.39 is 0 Å². The molecule has 0 amide bonds. The highest BCUT2D eigenvalue weighted by atomic mass is 79.9. The molecule has 0 radical (unpaired) electrons. The molecule has 1 aromatic carbocycles. The minimum absolute atomic E-state index is 0.135. The number of nitrogens with zero attached hydrogens (tertiary/aromatic N) is 5. The van der Waals surface area contributed by atoms with Crippen molar-refractivity contribution in [1.29, 1.82) is 0 Å². The summed E-state index contributed by atoms with van der Waals surface area (Å²) in [4.78, 5) is 32.5. The number of aryl methyl sites for hydroxylation is 1. The van der Waals surface area contributed by atoms with Crippen LogP contribution < -0.4 is 11.2 Å². The molecule has 0 spiro atoms. The second kappa shape index (κ2) is 8.13. The molecule has 2 atom stereocenters. The lowest BCUT2D eigenvalue weighted by Crippen LogP contribution is -2.45. The summed E-state index contributed by atoms with van der Waals surface area (Å²) >= 11 is 3.46. The Morgan fingerprint density at radius 1 is 1.03 bits per heavy atom. The molecule has 160 valence electrons. The van der Waals surface area contributed by atoms with Crippen molar-refractivity contribution in [2.45, 2.75) is 39.1 Å². The van der Waals surface area contributed by atoms with Crippen molar-refractivity contribution in [2.75, 3.05) is 13.1 Å². The lowest BCUT2D eigenvalue weighted by Gasteiger charge is -2.35. The van der Waals surface area contributed by atoms with E-state index in [0.29, 0.717) is 24.3 Å². The molecule has 1 fully saturated rings. The van der Waals surface area contributed by atoms with Gasteiger partial charge in [0.05, 0.1) is 18.8 Å². The van der Waals surface area contributed by atoms with Crippen LogP contribution in [0.4, 0.5) is 0 Å². The zero-order valence-electron chi connectivity index (χ0n) is 17.6. The number of rotatable bonds is 4. The highest BCUT2D eigenvalue weighted by Crippen LogP contribution is 2.19. The van der Waals surface area contributed by atoms with Gasteiger partial charge in [0.25, 0.3) is 5.56 Å². The average Bonchev–Trinajstić information content (AvgIpc) is 3.03. The number of fused-ring (bicyclic) bond motifs is 1. The number of halogens is 1. The predicted octanol–water partition coefficient (Wildman–Crippen LogP) is 1.85. The fourth-order valence-corrected chi connectivity index (χ4v) is 4.43. The minimum Gasteiger partial charge on any atom is -0.373 e. The van der Waals surface area contributed by atoms with Gasteiger partial charge < -0.3 is 9.30 Å². The molecule has 0 N–H and O–H groups in total. The quantitative estimate of drug-likeness (QED) is 0.575. The molecule has 0 aliphatic carbocycles. The first-order valence-corrected chi connectivity index (χ1v) is 10.8. The van der Waals surface area contributed by atoms with Crippen molar-refractivity contribution >= 4 is 27.1 Å². The summed E-state index contributed by atoms with van der Waals surface area (Å²) in [5, 5.41) is 0. The predicted molar refractivity (Wildman–Crippen MR) is 119 cm³/mol. The summed E-state index contributed by atoms with van der Waals surface area (Å²) in [5.74, 6) is 0.771. The molecule has 1 saturated heterocycles. The van der Waals surface area contributed by atoms with Gasteiger partial charge in [-0.05, 0) is 31.5 Å². The summed E-state index contributed by atoms with van der Waals surface area (Å²) in [6, 6.07) is 8.00. The molecule has 3 heterocycles. The standard InChI is InChI=1S/C21H26BrN5O3/c1-13-9-26(10-14(2)30-13)12-17-23-19-18(20(28)25(4)21(29)24(19)3)27(17)11-15-5-7-16(22)8-6-15/h5-8,13-14H,9-12H2,1-4H3/t13-,14-/m1/s1. The largest absolute Gasteiger partial charge is 0.373 e. The van der Waals surface area contributed by atoms with E-state index in [9.17, 15) is 9.59 Å². The van der Waals surface area contributed by atoms with Gasteiger partial charge in [-0.1, -0.05) is 28.1 Å². The fourth-order valence-electron chi connectivity index (χ4n) is 4.17. The Kier molecular flexibility index (Phi) is 5.69. The van der Waals surface area contributed by atoms with Gasteiger partial charge in [-0.15, -0.1) is 0 Å². The van der Waals surface area contributed by atoms with E-state index in [1.54, 1.807) is 7.05 Å². The molecule has 30 heavy (non-hydrogen) atoms. The van der Waals surface area contributed by atoms with Crippen molar-refractivity contribution < 1.29 is 4.74 Å². The lowest BCUT2D eigenvalue weighted by molar-refractivity contribution is -0.0712. The second-order valence-corrected chi connectivity index (χ2v) is 8.99. The van der Waals surface area contributed by atoms with Crippen LogP contribution in [-0.4, -0.2) is 48.9 Å². The van der Waals surface area contributed by atoms with Gasteiger partial charge in [-0.2, -0.15) is 0 Å². The maximum absolute atomic E-state index is 13.0. The van der Waals surface area contributed by atoms with Crippen LogP contribution in [0.15, 0.2) is 38.3 Å². The Morgan fingerprint density at radius 3 is 2.30 bits per heavy atom. The van der Waals surface area contributed by atoms with E-state index in [1.807, 2.05) is 28.8 Å². The van der Waals surface area contributed by atoms with Crippen molar-refractivity contribution in [3.05, 3.63) is 61.0 Å². The molecule has 0 unspecified atom stereocenters. The van der Waals surface area contributed by atoms with Crippen molar-refractivity contribution in [3.8, 4) is 0 Å². The first-order chi connectivity index (χ1) is 14.2. The minimum atomic E-state index is -0.374. The first-order valence-electron chi connectivity index (χ1n) is 10.0. The Hall–Kier alpha value is -2.23. The van der Waals surface area contributed by atoms with Crippen LogP contribution in [0.5, 0.6) is 0 Å². The molecule has 0 bridgehead atoms. The highest BCUT2D eigenvalue weighted by Gasteiger charge is 2.25. The summed E-state index contributed by atoms with van der Waals surface area (Å²) in [7, 11) is 3.16. The SMILES string of the molecule is C[C@@H]1CN(Cc2nc3c(c(=O)n(C)c(=O)n3C)n2Cc2ccc(Br)cc2)C[C@@H](C)O1. The van der Waals surface area contributed by atoms with Gasteiger partial charge >= 0.3 is 5.69 Å². The normalized spacial score (nSPS) is 20.2. The Bertz CT molecular complexity index is 1180. The number of ether oxygens (including phenoxy) is 1. The molecule has 9 heteroatoms. The average molecular weight is 476 g/mol. The topological polar surface area (TPSA) is 74.3 Å². The number of hydrogen-bond acceptors (Lipinski definition) is 5. The first kappa shape index (κ1) is 21.0. The molecular weight excluding hydrogens is 450 g/mol. The zero-order chi connectivity index (χ0) is 21.6. The summed E-state index contributed by atoms with van der Waals surface area (Å²) < 4.78 is 11.4. The van der Waals surface area contributed by atoms with Crippen molar-refractivity contribution in [1.82, 2.24) is 23.6 Å². The monoisotopic (exact) mass is 475 g/mol. The van der Waals surface area contributed by atoms with Crippen LogP contribution in [-0.2, 0) is 31.9 Å². The smallest absolute Gasteiger partial charge is 0.332 e. The van der Waals surface area contributed by atoms with E-state index >= 15 is 0 Å². The third kappa shape index (κ3) is 3.89. The van der Waals surface area contributed by atoms with Crippen LogP contribution in [0.25, 0.3) is 11.2 Å². The summed E-state index contributed by atoms with van der Waals surface area (Å²) in [6.45, 7) is 6.80. The molecule has 3 aromatic rings. The van der Waals surface area contributed by atoms with Gasteiger partial charge in [0, 0.05) is 38.2 Å². The van der Waals surface area contributed by atoms with Gasteiger partial charge in [-0.25, -0.2) is 9.78 Å². The molecule has 8 nitrogen and oxygen atoms in total.